The predicted octanol–water partition coefficient (Wildman–Crippen LogP) is 7.43. The van der Waals surface area contributed by atoms with Gasteiger partial charge in [-0.05, 0) is 47.5 Å². The first kappa shape index (κ1) is 26.7. The van der Waals surface area contributed by atoms with Gasteiger partial charge in [-0.2, -0.15) is 26.3 Å². The number of alkyl halides is 6. The zero-order valence-corrected chi connectivity index (χ0v) is 19.6. The molecular formula is C28H21F6N3O. The maximum absolute atomic E-state index is 13.7. The first-order chi connectivity index (χ1) is 18.0. The Balaban J connectivity index is 1.90. The van der Waals surface area contributed by atoms with Crippen LogP contribution in [-0.2, 0) is 24.3 Å². The second-order valence-electron chi connectivity index (χ2n) is 8.52. The molecule has 0 fully saturated rings. The molecule has 4 aromatic rings. The fraction of sp³-hybridized carbons (Fsp3) is 0.143. The minimum Gasteiger partial charge on any atom is -0.322 e. The van der Waals surface area contributed by atoms with Gasteiger partial charge >= 0.3 is 18.4 Å². The number of rotatable bonds is 6. The van der Waals surface area contributed by atoms with E-state index in [9.17, 15) is 31.1 Å². The van der Waals surface area contributed by atoms with Crippen molar-refractivity contribution in [1.82, 2.24) is 10.3 Å². The molecule has 0 radical (unpaired) electrons. The largest absolute Gasteiger partial charge is 0.417 e. The lowest BCUT2D eigenvalue weighted by atomic mass is 9.79. The minimum absolute atomic E-state index is 0.00773. The molecule has 1 atom stereocenters. The third kappa shape index (κ3) is 6.13. The van der Waals surface area contributed by atoms with Gasteiger partial charge in [-0.15, -0.1) is 0 Å². The smallest absolute Gasteiger partial charge is 0.322 e. The summed E-state index contributed by atoms with van der Waals surface area (Å²) in [6, 6.07) is 22.2. The number of amides is 2. The Hall–Kier alpha value is -4.34. The molecule has 0 saturated heterocycles. The van der Waals surface area contributed by atoms with E-state index in [4.69, 9.17) is 0 Å². The Morgan fingerprint density at radius 1 is 0.684 bits per heavy atom. The van der Waals surface area contributed by atoms with Gasteiger partial charge < -0.3 is 10.6 Å². The molecule has 0 bridgehead atoms. The molecule has 0 spiro atoms. The molecule has 1 heterocycles. The van der Waals surface area contributed by atoms with E-state index in [-0.39, 0.29) is 17.7 Å². The van der Waals surface area contributed by atoms with Crippen molar-refractivity contribution in [3.63, 3.8) is 0 Å². The van der Waals surface area contributed by atoms with Crippen molar-refractivity contribution in [2.75, 3.05) is 5.32 Å². The lowest BCUT2D eigenvalue weighted by Crippen LogP contribution is -2.50. The van der Waals surface area contributed by atoms with Crippen LogP contribution in [0.2, 0.25) is 0 Å². The number of benzene rings is 3. The second-order valence-corrected chi connectivity index (χ2v) is 8.52. The number of nitrogens with zero attached hydrogens (tertiary/aromatic N) is 1. The summed E-state index contributed by atoms with van der Waals surface area (Å²) < 4.78 is 80.9. The third-order valence-corrected chi connectivity index (χ3v) is 5.88. The molecule has 3 aromatic carbocycles. The van der Waals surface area contributed by atoms with Gasteiger partial charge in [-0.25, -0.2) is 4.79 Å². The van der Waals surface area contributed by atoms with Gasteiger partial charge in [0.15, 0.2) is 0 Å². The Labute approximate surface area is 214 Å². The summed E-state index contributed by atoms with van der Waals surface area (Å²) >= 11 is 0. The monoisotopic (exact) mass is 529 g/mol. The highest BCUT2D eigenvalue weighted by Gasteiger charge is 2.41. The number of para-hydroxylation sites is 1. The quantitative estimate of drug-likeness (QED) is 0.255. The van der Waals surface area contributed by atoms with Gasteiger partial charge in [0.2, 0.25) is 0 Å². The summed E-state index contributed by atoms with van der Waals surface area (Å²) in [6.45, 7) is 0. The Kier molecular flexibility index (Phi) is 7.43. The van der Waals surface area contributed by atoms with Gasteiger partial charge in [0.05, 0.1) is 16.8 Å². The van der Waals surface area contributed by atoms with E-state index in [0.717, 1.165) is 24.3 Å². The van der Waals surface area contributed by atoms with Gasteiger partial charge in [-0.3, -0.25) is 4.98 Å². The van der Waals surface area contributed by atoms with Crippen molar-refractivity contribution in [2.45, 2.75) is 24.3 Å². The van der Waals surface area contributed by atoms with Gasteiger partial charge in [0.25, 0.3) is 0 Å². The molecule has 0 saturated carbocycles. The molecule has 1 unspecified atom stereocenters. The molecule has 0 aliphatic heterocycles. The Morgan fingerprint density at radius 2 is 1.29 bits per heavy atom. The van der Waals surface area contributed by atoms with E-state index in [1.807, 2.05) is 0 Å². The first-order valence-electron chi connectivity index (χ1n) is 11.4. The maximum Gasteiger partial charge on any atom is 0.417 e. The number of hydrogen-bond donors (Lipinski definition) is 2. The number of carbonyl (C=O) groups is 1. The average Bonchev–Trinajstić information content (AvgIpc) is 2.88. The normalized spacial score (nSPS) is 13.4. The number of urea groups is 1. The van der Waals surface area contributed by atoms with Gasteiger partial charge in [-0.1, -0.05) is 60.7 Å². The number of anilines is 1. The van der Waals surface area contributed by atoms with Crippen molar-refractivity contribution >= 4 is 11.7 Å². The molecule has 4 nitrogen and oxygen atoms in total. The number of nitrogens with one attached hydrogen (secondary N) is 2. The zero-order chi connectivity index (χ0) is 27.4. The Morgan fingerprint density at radius 3 is 1.87 bits per heavy atom. The molecular weight excluding hydrogens is 508 g/mol. The zero-order valence-electron chi connectivity index (χ0n) is 19.6. The van der Waals surface area contributed by atoms with Crippen LogP contribution in [0, 0.1) is 0 Å². The fourth-order valence-electron chi connectivity index (χ4n) is 4.08. The van der Waals surface area contributed by atoms with E-state index >= 15 is 0 Å². The van der Waals surface area contributed by atoms with Gasteiger partial charge in [0, 0.05) is 18.3 Å². The van der Waals surface area contributed by atoms with Crippen molar-refractivity contribution in [1.29, 1.82) is 0 Å². The lowest BCUT2D eigenvalue weighted by molar-refractivity contribution is -0.138. The fourth-order valence-corrected chi connectivity index (χ4v) is 4.08. The number of hydrogen-bond acceptors (Lipinski definition) is 2. The molecule has 10 heteroatoms. The molecule has 0 aliphatic carbocycles. The van der Waals surface area contributed by atoms with Crippen LogP contribution in [-0.4, -0.2) is 11.0 Å². The first-order valence-corrected chi connectivity index (χ1v) is 11.4. The van der Waals surface area contributed by atoms with Crippen LogP contribution in [0.1, 0.15) is 27.9 Å². The maximum atomic E-state index is 13.7. The van der Waals surface area contributed by atoms with E-state index in [1.54, 1.807) is 60.7 Å². The Bertz CT molecular complexity index is 1370. The summed E-state index contributed by atoms with van der Waals surface area (Å²) in [5.41, 5.74) is -2.86. The highest BCUT2D eigenvalue weighted by molar-refractivity contribution is 5.90. The third-order valence-electron chi connectivity index (χ3n) is 5.88. The molecule has 2 N–H and O–H groups in total. The van der Waals surface area contributed by atoms with Crippen molar-refractivity contribution in [3.05, 3.63) is 131 Å². The van der Waals surface area contributed by atoms with E-state index in [0.29, 0.717) is 17.4 Å². The van der Waals surface area contributed by atoms with Crippen LogP contribution in [0.25, 0.3) is 0 Å². The molecule has 196 valence electrons. The number of carbonyl (C=O) groups excluding carboxylic acids is 1. The number of pyridine rings is 1. The highest BCUT2D eigenvalue weighted by Crippen LogP contribution is 2.38. The molecule has 1 aromatic heterocycles. The SMILES string of the molecule is O=C(Nc1ccccc1)NC(Cc1ccccc1)(c1cccc(C(F)(F)F)c1)c1ccc(C(F)(F)F)cn1. The minimum atomic E-state index is -4.70. The standard InChI is InChI=1S/C28H21F6N3O/c29-27(30,31)21-11-7-10-20(16-21)26(17-19-8-3-1-4-9-19,24-15-14-22(18-35-24)28(32,33)34)37-25(38)36-23-12-5-2-6-13-23/h1-16,18H,17H2,(H2,36,37,38). The average molecular weight is 529 g/mol. The van der Waals surface area contributed by atoms with Crippen molar-refractivity contribution in [2.24, 2.45) is 0 Å². The van der Waals surface area contributed by atoms with Crippen LogP contribution in [0.4, 0.5) is 36.8 Å². The van der Waals surface area contributed by atoms with Crippen LogP contribution < -0.4 is 10.6 Å². The van der Waals surface area contributed by atoms with Crippen LogP contribution >= 0.6 is 0 Å². The second kappa shape index (κ2) is 10.6. The number of aromatic nitrogens is 1. The van der Waals surface area contributed by atoms with Crippen LogP contribution in [0.15, 0.2) is 103 Å². The summed E-state index contributed by atoms with van der Waals surface area (Å²) in [7, 11) is 0. The highest BCUT2D eigenvalue weighted by atomic mass is 19.4. The lowest BCUT2D eigenvalue weighted by Gasteiger charge is -2.36. The number of halogens is 6. The summed E-state index contributed by atoms with van der Waals surface area (Å²) in [5.74, 6) is 0. The van der Waals surface area contributed by atoms with Crippen LogP contribution in [0.5, 0.6) is 0 Å². The summed E-state index contributed by atoms with van der Waals surface area (Å²) in [5, 5.41) is 5.36. The predicted molar refractivity (Wildman–Crippen MR) is 130 cm³/mol. The summed E-state index contributed by atoms with van der Waals surface area (Å²) in [4.78, 5) is 17.2. The molecule has 2 amide bonds. The van der Waals surface area contributed by atoms with E-state index < -0.39 is 35.0 Å². The van der Waals surface area contributed by atoms with E-state index in [1.165, 1.54) is 12.1 Å². The summed E-state index contributed by atoms with van der Waals surface area (Å²) in [6.07, 6.45) is -8.88. The molecule has 4 rings (SSSR count). The van der Waals surface area contributed by atoms with Crippen LogP contribution in [0.3, 0.4) is 0 Å². The van der Waals surface area contributed by atoms with E-state index in [2.05, 4.69) is 15.6 Å². The van der Waals surface area contributed by atoms with Crippen molar-refractivity contribution < 1.29 is 31.1 Å². The van der Waals surface area contributed by atoms with Crippen molar-refractivity contribution in [3.8, 4) is 0 Å². The molecule has 38 heavy (non-hydrogen) atoms. The molecule has 0 aliphatic rings. The van der Waals surface area contributed by atoms with Gasteiger partial charge in [0.1, 0.15) is 5.54 Å². The topological polar surface area (TPSA) is 54.0 Å².